The lowest BCUT2D eigenvalue weighted by molar-refractivity contribution is 0.0636. The molecule has 0 unspecified atom stereocenters. The highest BCUT2D eigenvalue weighted by molar-refractivity contribution is 14.0. The van der Waals surface area contributed by atoms with Crippen LogP contribution in [0.25, 0.3) is 0 Å². The van der Waals surface area contributed by atoms with E-state index in [1.54, 1.807) is 0 Å². The van der Waals surface area contributed by atoms with E-state index in [0.717, 1.165) is 50.8 Å². The number of ether oxygens (including phenoxy) is 1. The lowest BCUT2D eigenvalue weighted by atomic mass is 10.1. The fraction of sp³-hybridized carbons (Fsp3) is 0.619. The van der Waals surface area contributed by atoms with Crippen molar-refractivity contribution in [2.24, 2.45) is 4.99 Å². The van der Waals surface area contributed by atoms with Gasteiger partial charge in [-0.3, -0.25) is 10.3 Å². The van der Waals surface area contributed by atoms with Crippen molar-refractivity contribution in [3.63, 3.8) is 0 Å². The Hall–Kier alpha value is -1.55. The van der Waals surface area contributed by atoms with E-state index in [1.807, 2.05) is 45.0 Å². The number of hydrogen-bond acceptors (Lipinski definition) is 4. The molecule has 3 N–H and O–H groups in total. The van der Waals surface area contributed by atoms with Gasteiger partial charge in [0, 0.05) is 25.3 Å². The molecular weight excluding hydrogens is 481 g/mol. The molecule has 0 fully saturated rings. The van der Waals surface area contributed by atoms with Gasteiger partial charge in [-0.2, -0.15) is 0 Å². The number of nitrogens with zero attached hydrogens (tertiary/aromatic N) is 2. The summed E-state index contributed by atoms with van der Waals surface area (Å²) in [6.07, 6.45) is 0.425. The number of anilines is 1. The largest absolute Gasteiger partial charge is 0.444 e. The lowest BCUT2D eigenvalue weighted by Gasteiger charge is -2.19. The number of nitrogens with one attached hydrogen (secondary N) is 3. The molecule has 1 rings (SSSR count). The summed E-state index contributed by atoms with van der Waals surface area (Å²) in [7, 11) is 2.09. The summed E-state index contributed by atoms with van der Waals surface area (Å²) < 4.78 is 5.26. The molecule has 8 heteroatoms. The van der Waals surface area contributed by atoms with Crippen molar-refractivity contribution in [2.75, 3.05) is 45.1 Å². The number of rotatable bonds is 9. The second kappa shape index (κ2) is 14.4. The maximum atomic E-state index is 11.8. The van der Waals surface area contributed by atoms with E-state index in [0.29, 0.717) is 0 Å². The fourth-order valence-corrected chi connectivity index (χ4v) is 2.33. The van der Waals surface area contributed by atoms with Crippen molar-refractivity contribution in [3.05, 3.63) is 29.8 Å². The molecular formula is C21H38IN5O2. The van der Waals surface area contributed by atoms with E-state index in [1.165, 1.54) is 5.56 Å². The Morgan fingerprint density at radius 2 is 1.79 bits per heavy atom. The number of halogens is 1. The maximum Gasteiger partial charge on any atom is 0.412 e. The van der Waals surface area contributed by atoms with Crippen molar-refractivity contribution >= 4 is 41.7 Å². The summed E-state index contributed by atoms with van der Waals surface area (Å²) in [5.41, 5.74) is 1.40. The maximum absolute atomic E-state index is 11.8. The molecule has 1 amide bonds. The van der Waals surface area contributed by atoms with Gasteiger partial charge in [0.15, 0.2) is 5.96 Å². The zero-order valence-electron chi connectivity index (χ0n) is 18.7. The molecule has 0 aliphatic carbocycles. The molecule has 1 aromatic carbocycles. The molecule has 166 valence electrons. The molecule has 0 saturated heterocycles. The van der Waals surface area contributed by atoms with Crippen LogP contribution < -0.4 is 16.0 Å². The molecule has 0 saturated carbocycles. The summed E-state index contributed by atoms with van der Waals surface area (Å²) >= 11 is 0. The third kappa shape index (κ3) is 13.3. The van der Waals surface area contributed by atoms with Crippen molar-refractivity contribution in [1.82, 2.24) is 15.5 Å². The van der Waals surface area contributed by atoms with Crippen LogP contribution in [-0.4, -0.2) is 62.3 Å². The van der Waals surface area contributed by atoms with Crippen LogP contribution in [0.2, 0.25) is 0 Å². The molecule has 0 heterocycles. The first-order valence-electron chi connectivity index (χ1n) is 10.0. The Labute approximate surface area is 193 Å². The zero-order valence-corrected chi connectivity index (χ0v) is 21.0. The number of benzene rings is 1. The van der Waals surface area contributed by atoms with Crippen LogP contribution in [0.5, 0.6) is 0 Å². The Morgan fingerprint density at radius 3 is 2.34 bits per heavy atom. The van der Waals surface area contributed by atoms with Gasteiger partial charge < -0.3 is 20.3 Å². The summed E-state index contributed by atoms with van der Waals surface area (Å²) in [5, 5.41) is 9.38. The first kappa shape index (κ1) is 27.5. The van der Waals surface area contributed by atoms with Crippen LogP contribution in [0, 0.1) is 0 Å². The number of likely N-dealkylation sites (N-methyl/N-ethyl adjacent to an activating group) is 1. The highest BCUT2D eigenvalue weighted by Crippen LogP contribution is 2.13. The number of guanidine groups is 1. The normalized spacial score (nSPS) is 11.6. The molecule has 0 aromatic heterocycles. The van der Waals surface area contributed by atoms with Crippen molar-refractivity contribution in [2.45, 2.75) is 46.6 Å². The summed E-state index contributed by atoms with van der Waals surface area (Å²) in [4.78, 5) is 18.6. The van der Waals surface area contributed by atoms with Crippen LogP contribution in [-0.2, 0) is 11.2 Å². The number of carbonyl (C=O) groups is 1. The number of hydrogen-bond donors (Lipinski definition) is 3. The van der Waals surface area contributed by atoms with Crippen LogP contribution in [0.3, 0.4) is 0 Å². The van der Waals surface area contributed by atoms with Crippen molar-refractivity contribution in [1.29, 1.82) is 0 Å². The predicted molar refractivity (Wildman–Crippen MR) is 133 cm³/mol. The summed E-state index contributed by atoms with van der Waals surface area (Å²) in [6, 6.07) is 7.79. The molecule has 0 radical (unpaired) electrons. The van der Waals surface area contributed by atoms with Gasteiger partial charge in [0.05, 0.1) is 6.54 Å². The van der Waals surface area contributed by atoms with Crippen molar-refractivity contribution in [3.8, 4) is 0 Å². The molecule has 0 aliphatic heterocycles. The lowest BCUT2D eigenvalue weighted by Crippen LogP contribution is -2.38. The van der Waals surface area contributed by atoms with E-state index in [4.69, 9.17) is 4.74 Å². The summed E-state index contributed by atoms with van der Waals surface area (Å²) in [6.45, 7) is 14.1. The Balaban J connectivity index is 0.00000784. The first-order valence-corrected chi connectivity index (χ1v) is 10.0. The van der Waals surface area contributed by atoms with Crippen LogP contribution >= 0.6 is 24.0 Å². The van der Waals surface area contributed by atoms with Gasteiger partial charge in [-0.15, -0.1) is 24.0 Å². The average Bonchev–Trinajstić information content (AvgIpc) is 2.61. The molecule has 0 atom stereocenters. The van der Waals surface area contributed by atoms with E-state index in [9.17, 15) is 4.79 Å². The molecule has 0 spiro atoms. The first-order chi connectivity index (χ1) is 13.2. The van der Waals surface area contributed by atoms with E-state index in [-0.39, 0.29) is 24.0 Å². The third-order valence-electron chi connectivity index (χ3n) is 3.94. The fourth-order valence-electron chi connectivity index (χ4n) is 2.33. The minimum absolute atomic E-state index is 0. The van der Waals surface area contributed by atoms with E-state index < -0.39 is 11.7 Å². The third-order valence-corrected chi connectivity index (χ3v) is 3.94. The highest BCUT2D eigenvalue weighted by Gasteiger charge is 2.16. The zero-order chi connectivity index (χ0) is 21.0. The monoisotopic (exact) mass is 519 g/mol. The smallest absolute Gasteiger partial charge is 0.412 e. The van der Waals surface area contributed by atoms with Gasteiger partial charge >= 0.3 is 6.09 Å². The summed E-state index contributed by atoms with van der Waals surface area (Å²) in [5.74, 6) is 0.843. The SMILES string of the molecule is CCNC(=NCCN(C)CC)NCCc1ccc(NC(=O)OC(C)(C)C)cc1.I. The van der Waals surface area contributed by atoms with Crippen molar-refractivity contribution < 1.29 is 9.53 Å². The quantitative estimate of drug-likeness (QED) is 0.264. The number of aliphatic imine (C=N–C) groups is 1. The van der Waals surface area contributed by atoms with Gasteiger partial charge in [0.1, 0.15) is 5.60 Å². The standard InChI is InChI=1S/C21H37N5O2.HI/c1-7-22-19(24-15-16-26(6)8-2)23-14-13-17-9-11-18(12-10-17)25-20(27)28-21(3,4)5;/h9-12H,7-8,13-16H2,1-6H3,(H,25,27)(H2,22,23,24);1H. The van der Waals surface area contributed by atoms with Gasteiger partial charge in [-0.05, 0) is 65.4 Å². The van der Waals surface area contributed by atoms with E-state index in [2.05, 4.69) is 46.7 Å². The van der Waals surface area contributed by atoms with Gasteiger partial charge in [0.2, 0.25) is 0 Å². The van der Waals surface area contributed by atoms with Crippen LogP contribution in [0.15, 0.2) is 29.3 Å². The Kier molecular flexibility index (Phi) is 13.7. The van der Waals surface area contributed by atoms with Gasteiger partial charge in [-0.25, -0.2) is 4.79 Å². The highest BCUT2D eigenvalue weighted by atomic mass is 127. The Morgan fingerprint density at radius 1 is 1.14 bits per heavy atom. The second-order valence-corrected chi connectivity index (χ2v) is 7.66. The number of carbonyl (C=O) groups excluding carboxylic acids is 1. The topological polar surface area (TPSA) is 78.0 Å². The average molecular weight is 519 g/mol. The van der Waals surface area contributed by atoms with E-state index >= 15 is 0 Å². The molecule has 7 nitrogen and oxygen atoms in total. The second-order valence-electron chi connectivity index (χ2n) is 7.66. The minimum Gasteiger partial charge on any atom is -0.444 e. The molecule has 0 bridgehead atoms. The van der Waals surface area contributed by atoms with Crippen LogP contribution in [0.1, 0.15) is 40.2 Å². The number of amides is 1. The molecule has 1 aromatic rings. The predicted octanol–water partition coefficient (Wildman–Crippen LogP) is 3.70. The molecule has 29 heavy (non-hydrogen) atoms. The Bertz CT molecular complexity index is 614. The minimum atomic E-state index is -0.507. The van der Waals surface area contributed by atoms with Gasteiger partial charge in [-0.1, -0.05) is 19.1 Å². The van der Waals surface area contributed by atoms with Gasteiger partial charge in [0.25, 0.3) is 0 Å². The molecule has 0 aliphatic rings. The van der Waals surface area contributed by atoms with Crippen LogP contribution in [0.4, 0.5) is 10.5 Å².